The van der Waals surface area contributed by atoms with Gasteiger partial charge in [-0.2, -0.15) is 0 Å². The van der Waals surface area contributed by atoms with Gasteiger partial charge in [0.1, 0.15) is 0 Å². The fraction of sp³-hybridized carbons (Fsp3) is 0. The van der Waals surface area contributed by atoms with Crippen LogP contribution in [-0.4, -0.2) is 19.9 Å². The van der Waals surface area contributed by atoms with Crippen LogP contribution in [0.15, 0.2) is 48.5 Å². The Morgan fingerprint density at radius 2 is 0.808 bits per heavy atom. The molecule has 0 atom stereocenters. The number of rotatable bonds is 0. The van der Waals surface area contributed by atoms with Crippen molar-refractivity contribution in [2.45, 2.75) is 0 Å². The molecular formula is C20H14N4OV. The van der Waals surface area contributed by atoms with Crippen LogP contribution >= 0.6 is 0 Å². The van der Waals surface area contributed by atoms with E-state index in [4.69, 9.17) is 3.67 Å². The maximum atomic E-state index is 8.19. The molecule has 5 heterocycles. The number of hydrogen-bond donors (Lipinski definition) is 2. The number of fused-ring (bicyclic) bond motifs is 8. The summed E-state index contributed by atoms with van der Waals surface area (Å²) in [5.41, 5.74) is 7.86. The van der Waals surface area contributed by atoms with E-state index < -0.39 is 0 Å². The average molecular weight is 377 g/mol. The molecule has 0 aromatic carbocycles. The summed E-state index contributed by atoms with van der Waals surface area (Å²) in [5, 5.41) is 0. The van der Waals surface area contributed by atoms with Crippen LogP contribution in [0.5, 0.6) is 0 Å². The van der Waals surface area contributed by atoms with E-state index in [-0.39, 0.29) is 0 Å². The summed E-state index contributed by atoms with van der Waals surface area (Å²) in [6, 6.07) is 16.4. The molecule has 0 amide bonds. The van der Waals surface area contributed by atoms with Gasteiger partial charge in [0.15, 0.2) is 0 Å². The van der Waals surface area contributed by atoms with E-state index in [1.54, 1.807) is 0 Å². The molecule has 5 nitrogen and oxygen atoms in total. The molecular weight excluding hydrogens is 363 g/mol. The number of aromatic amines is 2. The standard InChI is InChI=1S/C20H14N4.O.V/c1-2-14-10-16-5-6-18(23-16)12-20-8-7-19(24-20)11-17-4-3-15(22-17)9-13(1)21-14;;/h1-12,21,24H;;. The molecule has 0 saturated carbocycles. The van der Waals surface area contributed by atoms with Gasteiger partial charge in [0.2, 0.25) is 0 Å². The third kappa shape index (κ3) is 3.49. The quantitative estimate of drug-likeness (QED) is 0.416. The van der Waals surface area contributed by atoms with Gasteiger partial charge in [-0.15, -0.1) is 0 Å². The summed E-state index contributed by atoms with van der Waals surface area (Å²) >= 11 is 1.06. The number of nitrogens with zero attached hydrogens (tertiary/aromatic N) is 2. The Kier molecular flexibility index (Phi) is 4.48. The van der Waals surface area contributed by atoms with Crippen molar-refractivity contribution in [3.63, 3.8) is 0 Å². The van der Waals surface area contributed by atoms with Crippen LogP contribution in [0.4, 0.5) is 0 Å². The molecule has 0 radical (unpaired) electrons. The summed E-state index contributed by atoms with van der Waals surface area (Å²) < 4.78 is 8.19. The first-order valence-corrected chi connectivity index (χ1v) is 8.60. The van der Waals surface area contributed by atoms with Crippen molar-refractivity contribution in [3.8, 4) is 0 Å². The fourth-order valence-electron chi connectivity index (χ4n) is 2.94. The van der Waals surface area contributed by atoms with Crippen LogP contribution in [0.1, 0.15) is 22.8 Å². The van der Waals surface area contributed by atoms with Crippen molar-refractivity contribution in [3.05, 3.63) is 71.3 Å². The van der Waals surface area contributed by atoms with E-state index in [2.05, 4.69) is 44.2 Å². The molecule has 5 rings (SSSR count). The third-order valence-electron chi connectivity index (χ3n) is 4.04. The first-order valence-electron chi connectivity index (χ1n) is 8.03. The van der Waals surface area contributed by atoms with E-state index in [0.29, 0.717) is 0 Å². The van der Waals surface area contributed by atoms with Crippen LogP contribution < -0.4 is 0 Å². The summed E-state index contributed by atoms with van der Waals surface area (Å²) in [7, 11) is 0. The monoisotopic (exact) mass is 377 g/mol. The second-order valence-corrected chi connectivity index (χ2v) is 5.91. The molecule has 8 bridgehead atoms. The molecule has 0 spiro atoms. The Bertz CT molecular complexity index is 1010. The van der Waals surface area contributed by atoms with Crippen LogP contribution in [0.3, 0.4) is 0 Å². The van der Waals surface area contributed by atoms with Crippen molar-refractivity contribution >= 4 is 46.4 Å². The molecule has 0 aliphatic carbocycles. The molecule has 125 valence electrons. The Labute approximate surface area is 158 Å². The van der Waals surface area contributed by atoms with Gasteiger partial charge in [0, 0.05) is 22.1 Å². The summed E-state index contributed by atoms with van der Waals surface area (Å²) in [6.07, 6.45) is 8.09. The van der Waals surface area contributed by atoms with Gasteiger partial charge in [0.05, 0.1) is 22.8 Å². The fourth-order valence-corrected chi connectivity index (χ4v) is 2.94. The van der Waals surface area contributed by atoms with Gasteiger partial charge in [0.25, 0.3) is 0 Å². The van der Waals surface area contributed by atoms with Gasteiger partial charge in [-0.3, -0.25) is 0 Å². The normalized spacial score (nSPS) is 11.8. The van der Waals surface area contributed by atoms with Crippen molar-refractivity contribution < 1.29 is 21.0 Å². The predicted octanol–water partition coefficient (Wildman–Crippen LogP) is 4.53. The third-order valence-corrected chi connectivity index (χ3v) is 4.04. The molecule has 2 N–H and O–H groups in total. The van der Waals surface area contributed by atoms with E-state index in [1.807, 2.05) is 48.6 Å². The number of aromatic nitrogens is 4. The second-order valence-electron chi connectivity index (χ2n) is 5.91. The van der Waals surface area contributed by atoms with Crippen LogP contribution in [0.2, 0.25) is 0 Å². The van der Waals surface area contributed by atoms with E-state index in [1.165, 1.54) is 0 Å². The Morgan fingerprint density at radius 3 is 1.08 bits per heavy atom. The minimum atomic E-state index is 0.939. The molecule has 2 aliphatic heterocycles. The topological polar surface area (TPSA) is 74.4 Å². The zero-order valence-electron chi connectivity index (χ0n) is 13.7. The van der Waals surface area contributed by atoms with Crippen molar-refractivity contribution in [2.24, 2.45) is 0 Å². The molecule has 6 heteroatoms. The number of H-pyrrole nitrogens is 2. The molecule has 0 saturated heterocycles. The van der Waals surface area contributed by atoms with Gasteiger partial charge in [-0.1, -0.05) is 0 Å². The number of nitrogens with one attached hydrogen (secondary N) is 2. The van der Waals surface area contributed by atoms with Crippen LogP contribution in [0, 0.1) is 0 Å². The molecule has 3 aromatic heterocycles. The van der Waals surface area contributed by atoms with E-state index in [0.717, 1.165) is 62.2 Å². The number of hydrogen-bond acceptors (Lipinski definition) is 3. The SMILES string of the molecule is C1=Cc2cc3ccc(cc4nc(cc5ccc(cc1n2)[nH]5)C=C4)[nH]3.[O]=[V]. The van der Waals surface area contributed by atoms with Crippen molar-refractivity contribution in [1.82, 2.24) is 19.9 Å². The van der Waals surface area contributed by atoms with E-state index >= 15 is 0 Å². The molecule has 0 unspecified atom stereocenters. The predicted molar refractivity (Wildman–Crippen MR) is 99.5 cm³/mol. The Hall–Kier alpha value is -3.02. The first-order chi connectivity index (χ1) is 12.8. The second kappa shape index (κ2) is 7.08. The molecule has 3 aromatic rings. The van der Waals surface area contributed by atoms with Crippen LogP contribution in [0.25, 0.3) is 46.4 Å². The Morgan fingerprint density at radius 1 is 0.538 bits per heavy atom. The molecule has 2 aliphatic rings. The zero-order valence-corrected chi connectivity index (χ0v) is 15.1. The molecule has 0 fully saturated rings. The summed E-state index contributed by atoms with van der Waals surface area (Å²) in [6.45, 7) is 0. The van der Waals surface area contributed by atoms with Crippen molar-refractivity contribution in [1.29, 1.82) is 0 Å². The van der Waals surface area contributed by atoms with Crippen LogP contribution in [-0.2, 0) is 21.0 Å². The van der Waals surface area contributed by atoms with Gasteiger partial charge >= 0.3 is 21.0 Å². The van der Waals surface area contributed by atoms with Gasteiger partial charge < -0.3 is 9.97 Å². The average Bonchev–Trinajstić information content (AvgIpc) is 3.42. The first kappa shape index (κ1) is 16.5. The maximum absolute atomic E-state index is 8.19. The van der Waals surface area contributed by atoms with E-state index in [9.17, 15) is 0 Å². The Balaban J connectivity index is 0.000000814. The zero-order chi connectivity index (χ0) is 17.9. The molecule has 26 heavy (non-hydrogen) atoms. The minimum absolute atomic E-state index is 0.939. The summed E-state index contributed by atoms with van der Waals surface area (Å²) in [5.74, 6) is 0. The van der Waals surface area contributed by atoms with Gasteiger partial charge in [-0.05, 0) is 72.8 Å². The van der Waals surface area contributed by atoms with Crippen molar-refractivity contribution in [2.75, 3.05) is 0 Å². The summed E-state index contributed by atoms with van der Waals surface area (Å²) in [4.78, 5) is 16.0. The van der Waals surface area contributed by atoms with Gasteiger partial charge in [-0.25, -0.2) is 9.97 Å².